The number of imidazole rings is 1. The van der Waals surface area contributed by atoms with E-state index in [9.17, 15) is 0 Å². The van der Waals surface area contributed by atoms with E-state index in [4.69, 9.17) is 0 Å². The molecule has 0 aliphatic carbocycles. The molecule has 3 nitrogen and oxygen atoms in total. The highest BCUT2D eigenvalue weighted by atomic mass is 15.1. The van der Waals surface area contributed by atoms with Gasteiger partial charge in [-0.3, -0.25) is 0 Å². The van der Waals surface area contributed by atoms with Crippen molar-refractivity contribution in [1.82, 2.24) is 14.9 Å². The molecule has 1 heterocycles. The third-order valence-corrected chi connectivity index (χ3v) is 2.43. The molecule has 0 bridgehead atoms. The molecule has 3 heteroatoms. The van der Waals surface area contributed by atoms with Crippen molar-refractivity contribution in [2.45, 2.75) is 46.2 Å². The maximum atomic E-state index is 4.36. The molecule has 0 fully saturated rings. The van der Waals surface area contributed by atoms with E-state index >= 15 is 0 Å². The third-order valence-electron chi connectivity index (χ3n) is 2.43. The molecule has 1 rings (SSSR count). The highest BCUT2D eigenvalue weighted by Crippen LogP contribution is 2.04. The second kappa shape index (κ2) is 6.48. The standard InChI is InChI=1S/C13H23N3/c1-5-6-13-14-7-8-16(13)10-12(4)9-15-11(2)3/h7-8,11,15H,4-6,9-10H2,1-3H3. The number of hydrogen-bond donors (Lipinski definition) is 1. The fraction of sp³-hybridized carbons (Fsp3) is 0.615. The van der Waals surface area contributed by atoms with Gasteiger partial charge in [0, 0.05) is 37.9 Å². The molecule has 90 valence electrons. The first-order valence-electron chi connectivity index (χ1n) is 6.03. The van der Waals surface area contributed by atoms with Crippen LogP contribution in [0, 0.1) is 0 Å². The van der Waals surface area contributed by atoms with Crippen molar-refractivity contribution in [2.24, 2.45) is 0 Å². The Morgan fingerprint density at radius 1 is 1.56 bits per heavy atom. The van der Waals surface area contributed by atoms with Crippen LogP contribution in [0.2, 0.25) is 0 Å². The van der Waals surface area contributed by atoms with Crippen LogP contribution in [0.4, 0.5) is 0 Å². The molecule has 0 aromatic carbocycles. The summed E-state index contributed by atoms with van der Waals surface area (Å²) in [5, 5.41) is 3.38. The molecule has 0 spiro atoms. The second-order valence-electron chi connectivity index (χ2n) is 4.51. The molecular formula is C13H23N3. The van der Waals surface area contributed by atoms with Gasteiger partial charge in [-0.15, -0.1) is 0 Å². The number of nitrogens with zero attached hydrogens (tertiary/aromatic N) is 2. The van der Waals surface area contributed by atoms with Gasteiger partial charge < -0.3 is 9.88 Å². The predicted octanol–water partition coefficient (Wildman–Crippen LogP) is 2.39. The monoisotopic (exact) mass is 221 g/mol. The minimum absolute atomic E-state index is 0.509. The van der Waals surface area contributed by atoms with E-state index in [1.807, 2.05) is 12.4 Å². The average molecular weight is 221 g/mol. The van der Waals surface area contributed by atoms with Gasteiger partial charge in [0.1, 0.15) is 5.82 Å². The smallest absolute Gasteiger partial charge is 0.108 e. The number of hydrogen-bond acceptors (Lipinski definition) is 2. The number of aromatic nitrogens is 2. The topological polar surface area (TPSA) is 29.9 Å². The quantitative estimate of drug-likeness (QED) is 0.716. The maximum absolute atomic E-state index is 4.36. The lowest BCUT2D eigenvalue weighted by Gasteiger charge is -2.12. The molecule has 0 atom stereocenters. The molecule has 0 saturated heterocycles. The van der Waals surface area contributed by atoms with Crippen LogP contribution >= 0.6 is 0 Å². The number of rotatable bonds is 7. The molecule has 0 amide bonds. The summed E-state index contributed by atoms with van der Waals surface area (Å²) in [6.07, 6.45) is 6.07. The zero-order chi connectivity index (χ0) is 12.0. The molecular weight excluding hydrogens is 198 g/mol. The summed E-state index contributed by atoms with van der Waals surface area (Å²) in [4.78, 5) is 4.36. The fourth-order valence-electron chi connectivity index (χ4n) is 1.58. The zero-order valence-corrected chi connectivity index (χ0v) is 10.7. The zero-order valence-electron chi connectivity index (χ0n) is 10.7. The van der Waals surface area contributed by atoms with Gasteiger partial charge in [-0.1, -0.05) is 27.4 Å². The Bertz CT molecular complexity index is 326. The van der Waals surface area contributed by atoms with Crippen LogP contribution in [0.1, 0.15) is 33.0 Å². The normalized spacial score (nSPS) is 11.0. The first kappa shape index (κ1) is 13.0. The first-order valence-corrected chi connectivity index (χ1v) is 6.03. The van der Waals surface area contributed by atoms with Crippen molar-refractivity contribution in [2.75, 3.05) is 6.54 Å². The number of aryl methyl sites for hydroxylation is 1. The van der Waals surface area contributed by atoms with Gasteiger partial charge in [0.2, 0.25) is 0 Å². The second-order valence-corrected chi connectivity index (χ2v) is 4.51. The van der Waals surface area contributed by atoms with Crippen molar-refractivity contribution in [3.63, 3.8) is 0 Å². The van der Waals surface area contributed by atoms with Crippen LogP contribution in [0.3, 0.4) is 0 Å². The van der Waals surface area contributed by atoms with Gasteiger partial charge in [-0.05, 0) is 12.0 Å². The Labute approximate surface area is 98.6 Å². The SMILES string of the molecule is C=C(CNC(C)C)Cn1ccnc1CCC. The van der Waals surface area contributed by atoms with Crippen molar-refractivity contribution in [3.05, 3.63) is 30.4 Å². The molecule has 0 aliphatic heterocycles. The largest absolute Gasteiger partial charge is 0.331 e. The van der Waals surface area contributed by atoms with Crippen molar-refractivity contribution >= 4 is 0 Å². The van der Waals surface area contributed by atoms with Gasteiger partial charge in [0.05, 0.1) is 0 Å². The summed E-state index contributed by atoms with van der Waals surface area (Å²) < 4.78 is 2.19. The van der Waals surface area contributed by atoms with E-state index in [1.54, 1.807) is 0 Å². The average Bonchev–Trinajstić information content (AvgIpc) is 2.63. The van der Waals surface area contributed by atoms with Crippen molar-refractivity contribution in [3.8, 4) is 0 Å². The summed E-state index contributed by atoms with van der Waals surface area (Å²) in [6, 6.07) is 0.509. The van der Waals surface area contributed by atoms with Crippen LogP contribution in [-0.4, -0.2) is 22.1 Å². The van der Waals surface area contributed by atoms with Gasteiger partial charge in [0.25, 0.3) is 0 Å². The Hall–Kier alpha value is -1.09. The molecule has 0 unspecified atom stereocenters. The van der Waals surface area contributed by atoms with Crippen LogP contribution in [-0.2, 0) is 13.0 Å². The molecule has 0 radical (unpaired) electrons. The van der Waals surface area contributed by atoms with E-state index < -0.39 is 0 Å². The highest BCUT2D eigenvalue weighted by Gasteiger charge is 2.03. The van der Waals surface area contributed by atoms with Crippen LogP contribution < -0.4 is 5.32 Å². The summed E-state index contributed by atoms with van der Waals surface area (Å²) in [5.41, 5.74) is 1.20. The number of nitrogens with one attached hydrogen (secondary N) is 1. The summed E-state index contributed by atoms with van der Waals surface area (Å²) in [6.45, 7) is 12.3. The van der Waals surface area contributed by atoms with E-state index in [1.165, 1.54) is 5.57 Å². The van der Waals surface area contributed by atoms with Crippen LogP contribution in [0.25, 0.3) is 0 Å². The summed E-state index contributed by atoms with van der Waals surface area (Å²) >= 11 is 0. The van der Waals surface area contributed by atoms with Crippen LogP contribution in [0.15, 0.2) is 24.5 Å². The predicted molar refractivity (Wildman–Crippen MR) is 68.5 cm³/mol. The van der Waals surface area contributed by atoms with E-state index in [0.29, 0.717) is 6.04 Å². The molecule has 0 saturated carbocycles. The Morgan fingerprint density at radius 3 is 2.94 bits per heavy atom. The van der Waals surface area contributed by atoms with Gasteiger partial charge >= 0.3 is 0 Å². The lowest BCUT2D eigenvalue weighted by Crippen LogP contribution is -2.26. The minimum Gasteiger partial charge on any atom is -0.331 e. The summed E-state index contributed by atoms with van der Waals surface area (Å²) in [5.74, 6) is 1.16. The lowest BCUT2D eigenvalue weighted by molar-refractivity contribution is 0.596. The van der Waals surface area contributed by atoms with Crippen molar-refractivity contribution < 1.29 is 0 Å². The van der Waals surface area contributed by atoms with Crippen LogP contribution in [0.5, 0.6) is 0 Å². The minimum atomic E-state index is 0.509. The first-order chi connectivity index (χ1) is 7.63. The van der Waals surface area contributed by atoms with Gasteiger partial charge in [-0.25, -0.2) is 4.98 Å². The van der Waals surface area contributed by atoms with E-state index in [-0.39, 0.29) is 0 Å². The molecule has 1 aromatic rings. The molecule has 1 N–H and O–H groups in total. The third kappa shape index (κ3) is 4.19. The summed E-state index contributed by atoms with van der Waals surface area (Å²) in [7, 11) is 0. The maximum Gasteiger partial charge on any atom is 0.108 e. The lowest BCUT2D eigenvalue weighted by atomic mass is 10.2. The van der Waals surface area contributed by atoms with Gasteiger partial charge in [-0.2, -0.15) is 0 Å². The van der Waals surface area contributed by atoms with Crippen molar-refractivity contribution in [1.29, 1.82) is 0 Å². The molecule has 0 aliphatic rings. The molecule has 1 aromatic heterocycles. The fourth-order valence-corrected chi connectivity index (χ4v) is 1.58. The van der Waals surface area contributed by atoms with Gasteiger partial charge in [0.15, 0.2) is 0 Å². The Morgan fingerprint density at radius 2 is 2.31 bits per heavy atom. The Balaban J connectivity index is 2.46. The molecule has 16 heavy (non-hydrogen) atoms. The van der Waals surface area contributed by atoms with E-state index in [2.05, 4.69) is 42.2 Å². The highest BCUT2D eigenvalue weighted by molar-refractivity contribution is 5.02. The van der Waals surface area contributed by atoms with E-state index in [0.717, 1.165) is 31.8 Å². The Kier molecular flexibility index (Phi) is 5.26.